The van der Waals surface area contributed by atoms with Crippen molar-refractivity contribution in [3.63, 3.8) is 0 Å². The molecule has 28 heavy (non-hydrogen) atoms. The Morgan fingerprint density at radius 2 is 1.71 bits per heavy atom. The van der Waals surface area contributed by atoms with E-state index in [4.69, 9.17) is 0 Å². The van der Waals surface area contributed by atoms with Gasteiger partial charge in [0, 0.05) is 0 Å². The Morgan fingerprint density at radius 1 is 1.00 bits per heavy atom. The maximum absolute atomic E-state index is 2.61. The van der Waals surface area contributed by atoms with E-state index in [1.54, 1.807) is 5.56 Å². The molecule has 0 radical (unpaired) electrons. The molecule has 3 aliphatic carbocycles. The van der Waals surface area contributed by atoms with Crippen LogP contribution in [0.25, 0.3) is 6.08 Å². The smallest absolute Gasteiger partial charge is 1.00 e. The summed E-state index contributed by atoms with van der Waals surface area (Å²) in [6, 6.07) is 9.28. The van der Waals surface area contributed by atoms with Gasteiger partial charge in [-0.05, 0) is 0 Å². The van der Waals surface area contributed by atoms with Gasteiger partial charge >= 0.3 is 170 Å². The Bertz CT molecular complexity index is 758. The van der Waals surface area contributed by atoms with Crippen LogP contribution < -0.4 is 24.8 Å². The third kappa shape index (κ3) is 4.73. The molecule has 150 valence electrons. The van der Waals surface area contributed by atoms with Crippen molar-refractivity contribution in [3.05, 3.63) is 64.5 Å². The van der Waals surface area contributed by atoms with Crippen molar-refractivity contribution in [3.8, 4) is 0 Å². The molecule has 0 amide bonds. The van der Waals surface area contributed by atoms with Crippen LogP contribution in [0, 0.1) is 5.92 Å². The molecule has 3 aliphatic rings. The van der Waals surface area contributed by atoms with Crippen molar-refractivity contribution in [2.45, 2.75) is 66.7 Å². The van der Waals surface area contributed by atoms with Crippen LogP contribution in [-0.2, 0) is 19.2 Å². The van der Waals surface area contributed by atoms with Crippen molar-refractivity contribution < 1.29 is 44.0 Å². The van der Waals surface area contributed by atoms with Crippen LogP contribution in [0.15, 0.2) is 53.4 Å². The average Bonchev–Trinajstić information content (AvgIpc) is 3.17. The fourth-order valence-corrected chi connectivity index (χ4v) is 12.4. The first-order chi connectivity index (χ1) is 12.6. The first kappa shape index (κ1) is 24.4. The molecule has 1 aromatic rings. The van der Waals surface area contributed by atoms with Gasteiger partial charge < -0.3 is 24.8 Å². The standard InChI is InChI=1S/C15H20P.C9H11.2ClH.Ti/c1-11(2)16(12(3)4)15-9-13-7-5-6-8-14(13)10-15;1-2-5-9-7-3-6-8(9)4-1;;;/h5-12H,1-4H3;1-2,4,6,9H,3,5,7H2;2*1H;/q;;;;+2/p-2. The van der Waals surface area contributed by atoms with E-state index in [-0.39, 0.29) is 51.9 Å². The van der Waals surface area contributed by atoms with Gasteiger partial charge in [-0.2, -0.15) is 0 Å². The minimum atomic E-state index is -0.0637. The van der Waals surface area contributed by atoms with Crippen molar-refractivity contribution in [1.29, 1.82) is 0 Å². The molecule has 0 aromatic heterocycles. The summed E-state index contributed by atoms with van der Waals surface area (Å²) in [6.45, 7) is 9.80. The van der Waals surface area contributed by atoms with E-state index in [1.165, 1.54) is 24.8 Å². The van der Waals surface area contributed by atoms with Crippen molar-refractivity contribution in [2.75, 3.05) is 0 Å². The Labute approximate surface area is 194 Å². The minimum Gasteiger partial charge on any atom is -1.00 e. The number of hydrogen-bond acceptors (Lipinski definition) is 0. The molecule has 0 saturated heterocycles. The Kier molecular flexibility index (Phi) is 9.13. The molecule has 1 saturated carbocycles. The molecule has 3 atom stereocenters. The summed E-state index contributed by atoms with van der Waals surface area (Å²) in [7, 11) is -0.0460. The SMILES string of the molecule is CC(C)P(C1=Cc2ccccc2[CH]1[Ti+2][CH]1CCC2CC=CC=C21)C(C)C.[Cl-].[Cl-]. The number of fused-ring (bicyclic) bond motifs is 2. The van der Waals surface area contributed by atoms with Crippen molar-refractivity contribution in [1.82, 2.24) is 0 Å². The molecule has 0 heterocycles. The largest absolute Gasteiger partial charge is 1.00 e. The Balaban J connectivity index is 0.00000140. The molecular weight excluding hydrogens is 438 g/mol. The summed E-state index contributed by atoms with van der Waals surface area (Å²) in [4.78, 5) is 0. The number of halogens is 2. The molecule has 1 aromatic carbocycles. The van der Waals surface area contributed by atoms with Gasteiger partial charge in [0.25, 0.3) is 0 Å². The average molecular weight is 469 g/mol. The van der Waals surface area contributed by atoms with E-state index < -0.39 is 0 Å². The third-order valence-electron chi connectivity index (χ3n) is 6.21. The summed E-state index contributed by atoms with van der Waals surface area (Å²) >= 11 is -0.0637. The topological polar surface area (TPSA) is 0 Å². The van der Waals surface area contributed by atoms with E-state index in [9.17, 15) is 0 Å². The van der Waals surface area contributed by atoms with Crippen LogP contribution in [0.1, 0.15) is 62.3 Å². The van der Waals surface area contributed by atoms with Gasteiger partial charge in [-0.25, -0.2) is 0 Å². The molecule has 4 rings (SSSR count). The first-order valence-corrected chi connectivity index (χ1v) is 13.6. The summed E-state index contributed by atoms with van der Waals surface area (Å²) in [5, 5.41) is 1.83. The second kappa shape index (κ2) is 10.5. The van der Waals surface area contributed by atoms with E-state index >= 15 is 0 Å². The maximum atomic E-state index is 2.61. The van der Waals surface area contributed by atoms with Crippen LogP contribution in [0.4, 0.5) is 0 Å². The molecule has 0 spiro atoms. The van der Waals surface area contributed by atoms with E-state index in [0.717, 1.165) is 25.7 Å². The molecule has 0 aliphatic heterocycles. The molecular formula is C24H31Cl2PTi. The summed E-state index contributed by atoms with van der Waals surface area (Å²) in [6.07, 6.45) is 14.0. The molecule has 0 nitrogen and oxygen atoms in total. The van der Waals surface area contributed by atoms with Crippen LogP contribution in [0.2, 0.25) is 4.22 Å². The van der Waals surface area contributed by atoms with Gasteiger partial charge in [0.2, 0.25) is 0 Å². The quantitative estimate of drug-likeness (QED) is 0.454. The van der Waals surface area contributed by atoms with Crippen LogP contribution >= 0.6 is 7.92 Å². The maximum Gasteiger partial charge on any atom is -1.00 e. The van der Waals surface area contributed by atoms with E-state index in [2.05, 4.69) is 76.3 Å². The fraction of sp³-hybridized carbons (Fsp3) is 0.500. The van der Waals surface area contributed by atoms with Crippen molar-refractivity contribution >= 4 is 14.0 Å². The van der Waals surface area contributed by atoms with Crippen LogP contribution in [0.5, 0.6) is 0 Å². The van der Waals surface area contributed by atoms with Crippen LogP contribution in [-0.4, -0.2) is 11.3 Å². The van der Waals surface area contributed by atoms with Crippen LogP contribution in [0.3, 0.4) is 0 Å². The number of hydrogen-bond donors (Lipinski definition) is 0. The second-order valence-corrected chi connectivity index (χ2v) is 14.5. The zero-order valence-electron chi connectivity index (χ0n) is 17.3. The van der Waals surface area contributed by atoms with Gasteiger partial charge in [-0.3, -0.25) is 0 Å². The number of rotatable bonds is 5. The van der Waals surface area contributed by atoms with Gasteiger partial charge in [0.05, 0.1) is 0 Å². The number of allylic oxidation sites excluding steroid dienone is 5. The van der Waals surface area contributed by atoms with Gasteiger partial charge in [-0.1, -0.05) is 0 Å². The predicted molar refractivity (Wildman–Crippen MR) is 113 cm³/mol. The molecule has 4 heteroatoms. The normalized spacial score (nSPS) is 24.9. The second-order valence-electron chi connectivity index (χ2n) is 8.55. The van der Waals surface area contributed by atoms with Crippen molar-refractivity contribution in [2.24, 2.45) is 5.92 Å². The molecule has 0 N–H and O–H groups in total. The van der Waals surface area contributed by atoms with Gasteiger partial charge in [0.1, 0.15) is 0 Å². The molecule has 1 fully saturated rings. The monoisotopic (exact) mass is 468 g/mol. The Morgan fingerprint density at radius 3 is 2.43 bits per heavy atom. The molecule has 3 unspecified atom stereocenters. The third-order valence-corrected chi connectivity index (χ3v) is 12.9. The summed E-state index contributed by atoms with van der Waals surface area (Å²) < 4.78 is 1.69. The van der Waals surface area contributed by atoms with Gasteiger partial charge in [0.15, 0.2) is 0 Å². The van der Waals surface area contributed by atoms with Gasteiger partial charge in [-0.15, -0.1) is 0 Å². The first-order valence-electron chi connectivity index (χ1n) is 10.3. The number of benzene rings is 1. The van der Waals surface area contributed by atoms with E-state index in [0.29, 0.717) is 0 Å². The fourth-order valence-electron chi connectivity index (χ4n) is 5.19. The zero-order chi connectivity index (χ0) is 18.3. The Hall–Kier alpha value is 0.164. The predicted octanol–water partition coefficient (Wildman–Crippen LogP) is 1.56. The molecule has 0 bridgehead atoms. The minimum absolute atomic E-state index is 0. The zero-order valence-corrected chi connectivity index (χ0v) is 21.3. The summed E-state index contributed by atoms with van der Waals surface area (Å²) in [5.41, 5.74) is 6.57. The van der Waals surface area contributed by atoms with E-state index in [1.807, 2.05) is 10.9 Å². The summed E-state index contributed by atoms with van der Waals surface area (Å²) in [5.74, 6) is 0.870.